The molecule has 3 atom stereocenters. The summed E-state index contributed by atoms with van der Waals surface area (Å²) in [5, 5.41) is 15.7. The Balaban J connectivity index is 1.00. The van der Waals surface area contributed by atoms with Crippen LogP contribution in [0.1, 0.15) is 64.6 Å². The molecule has 1 saturated heterocycles. The Hall–Kier alpha value is -5.86. The van der Waals surface area contributed by atoms with Gasteiger partial charge in [0.25, 0.3) is 11.8 Å². The summed E-state index contributed by atoms with van der Waals surface area (Å²) < 4.78 is 17.9. The average Bonchev–Trinajstić information content (AvgIpc) is 3.51. The maximum absolute atomic E-state index is 13.4. The van der Waals surface area contributed by atoms with Gasteiger partial charge in [-0.25, -0.2) is 18.7 Å². The fourth-order valence-electron chi connectivity index (χ4n) is 6.52. The number of alkyl halides is 1. The summed E-state index contributed by atoms with van der Waals surface area (Å²) in [7, 11) is 3.41. The number of hydrogen-bond donors (Lipinski definition) is 4. The quantitative estimate of drug-likeness (QED) is 0.122. The Morgan fingerprint density at radius 2 is 1.86 bits per heavy atom. The number of rotatable bonds is 11. The van der Waals surface area contributed by atoms with Gasteiger partial charge in [-0.3, -0.25) is 33.6 Å². The number of hydrogen-bond acceptors (Lipinski definition) is 8. The fraction of sp³-hybridized carbons (Fsp3) is 0.343. The average molecular weight is 682 g/mol. The number of benzene rings is 2. The topological polar surface area (TPSA) is 174 Å². The van der Waals surface area contributed by atoms with E-state index in [0.717, 1.165) is 17.5 Å². The van der Waals surface area contributed by atoms with Crippen molar-refractivity contribution in [1.82, 2.24) is 39.7 Å². The molecule has 258 valence electrons. The zero-order valence-electron chi connectivity index (χ0n) is 27.5. The van der Waals surface area contributed by atoms with E-state index in [9.17, 15) is 28.4 Å². The van der Waals surface area contributed by atoms with Gasteiger partial charge in [-0.2, -0.15) is 5.10 Å². The van der Waals surface area contributed by atoms with Crippen molar-refractivity contribution in [3.8, 4) is 11.3 Å². The molecule has 4 amide bonds. The van der Waals surface area contributed by atoms with E-state index in [2.05, 4.69) is 31.3 Å². The molecule has 14 nitrogen and oxygen atoms in total. The molecule has 0 bridgehead atoms. The van der Waals surface area contributed by atoms with E-state index in [1.165, 1.54) is 15.3 Å². The van der Waals surface area contributed by atoms with Crippen LogP contribution in [-0.4, -0.2) is 73.2 Å². The first-order valence-electron chi connectivity index (χ1n) is 16.6. The lowest BCUT2D eigenvalue weighted by Crippen LogP contribution is -2.44. The fourth-order valence-corrected chi connectivity index (χ4v) is 6.52. The number of aryl methyl sites for hydroxylation is 2. The first-order valence-corrected chi connectivity index (χ1v) is 16.6. The largest absolute Gasteiger partial charge is 0.385 e. The predicted molar refractivity (Wildman–Crippen MR) is 183 cm³/mol. The van der Waals surface area contributed by atoms with Crippen LogP contribution in [0, 0.1) is 0 Å². The summed E-state index contributed by atoms with van der Waals surface area (Å²) in [5.74, 6) is -1.52. The van der Waals surface area contributed by atoms with E-state index < -0.39 is 30.1 Å². The zero-order valence-corrected chi connectivity index (χ0v) is 27.5. The summed E-state index contributed by atoms with van der Waals surface area (Å²) in [6, 6.07) is 13.2. The van der Waals surface area contributed by atoms with Gasteiger partial charge >= 0.3 is 5.69 Å². The highest BCUT2D eigenvalue weighted by atomic mass is 19.1. The smallest absolute Gasteiger partial charge is 0.329 e. The number of nitrogens with zero attached hydrogens (tertiary/aromatic N) is 5. The lowest BCUT2D eigenvalue weighted by Gasteiger charge is -2.21. The van der Waals surface area contributed by atoms with Crippen molar-refractivity contribution < 1.29 is 23.6 Å². The van der Waals surface area contributed by atoms with Crippen LogP contribution in [0.5, 0.6) is 0 Å². The van der Waals surface area contributed by atoms with E-state index in [0.29, 0.717) is 59.5 Å². The Morgan fingerprint density at radius 3 is 2.62 bits per heavy atom. The second-order valence-electron chi connectivity index (χ2n) is 12.7. The molecule has 2 aliphatic rings. The molecular weight excluding hydrogens is 645 g/mol. The molecule has 1 unspecified atom stereocenters. The minimum absolute atomic E-state index is 0.176. The van der Waals surface area contributed by atoms with Gasteiger partial charge in [0.1, 0.15) is 12.2 Å². The van der Waals surface area contributed by atoms with Crippen LogP contribution >= 0.6 is 0 Å². The summed E-state index contributed by atoms with van der Waals surface area (Å²) in [6.45, 7) is 0.428. The highest BCUT2D eigenvalue weighted by Crippen LogP contribution is 2.28. The van der Waals surface area contributed by atoms with Gasteiger partial charge in [-0.1, -0.05) is 24.3 Å². The Labute approximate surface area is 285 Å². The van der Waals surface area contributed by atoms with Crippen LogP contribution in [0.4, 0.5) is 10.1 Å². The maximum Gasteiger partial charge on any atom is 0.329 e. The molecule has 2 aromatic carbocycles. The standard InChI is InChI=1S/C35H36FN9O5/c1-37-25-17-23(42-45-28(18-39-31(25)45)34(49)40-24-16-22(24)36)20-9-5-10-21(15-20)32(47)38-14-4-3-7-19-8-6-11-26-30(19)43(2)35(50)44(26)27-12-13-29(46)41-33(27)48/h5-6,8-11,15,17-18,22,24,27,37H,3-4,7,12-14,16H2,1-2H3,(H,38,47)(H,40,49)(H,41,46,48)/t22-,24+,27?/m0/s1. The minimum atomic E-state index is -1.04. The second kappa shape index (κ2) is 13.2. The summed E-state index contributed by atoms with van der Waals surface area (Å²) >= 11 is 0. The summed E-state index contributed by atoms with van der Waals surface area (Å²) in [6.07, 6.45) is 3.18. The van der Waals surface area contributed by atoms with Gasteiger partial charge in [0.15, 0.2) is 11.3 Å². The van der Waals surface area contributed by atoms with Crippen molar-refractivity contribution in [2.75, 3.05) is 18.9 Å². The first-order chi connectivity index (χ1) is 24.1. The molecule has 1 aliphatic carbocycles. The molecule has 5 aromatic rings. The highest BCUT2D eigenvalue weighted by Gasteiger charge is 2.39. The van der Waals surface area contributed by atoms with Crippen LogP contribution in [0.25, 0.3) is 27.9 Å². The van der Waals surface area contributed by atoms with E-state index >= 15 is 0 Å². The number of carbonyl (C=O) groups is 4. The third-order valence-corrected chi connectivity index (χ3v) is 9.29. The van der Waals surface area contributed by atoms with Crippen LogP contribution in [0.2, 0.25) is 0 Å². The number of halogens is 1. The van der Waals surface area contributed by atoms with Gasteiger partial charge in [0.05, 0.1) is 34.7 Å². The Bertz CT molecular complexity index is 2240. The second-order valence-corrected chi connectivity index (χ2v) is 12.7. The first kappa shape index (κ1) is 32.7. The summed E-state index contributed by atoms with van der Waals surface area (Å²) in [5.41, 5.74) is 4.89. The molecule has 1 saturated carbocycles. The zero-order chi connectivity index (χ0) is 35.1. The van der Waals surface area contributed by atoms with Crippen molar-refractivity contribution in [3.05, 3.63) is 82.0 Å². The van der Waals surface area contributed by atoms with Crippen molar-refractivity contribution >= 4 is 46.0 Å². The molecule has 15 heteroatoms. The normalized spacial score (nSPS) is 18.7. The van der Waals surface area contributed by atoms with Gasteiger partial charge in [0.2, 0.25) is 11.8 Å². The van der Waals surface area contributed by atoms with E-state index in [4.69, 9.17) is 0 Å². The van der Waals surface area contributed by atoms with Crippen LogP contribution in [0.15, 0.2) is 59.5 Å². The van der Waals surface area contributed by atoms with E-state index in [1.54, 1.807) is 42.9 Å². The molecule has 7 rings (SSSR count). The summed E-state index contributed by atoms with van der Waals surface area (Å²) in [4.78, 5) is 67.7. The van der Waals surface area contributed by atoms with Gasteiger partial charge in [-0.15, -0.1) is 0 Å². The lowest BCUT2D eigenvalue weighted by atomic mass is 10.0. The predicted octanol–water partition coefficient (Wildman–Crippen LogP) is 2.66. The highest BCUT2D eigenvalue weighted by molar-refractivity contribution is 6.00. The maximum atomic E-state index is 13.4. The van der Waals surface area contributed by atoms with Gasteiger partial charge < -0.3 is 16.0 Å². The Morgan fingerprint density at radius 1 is 1.06 bits per heavy atom. The molecule has 4 heterocycles. The number of anilines is 1. The number of aromatic nitrogens is 5. The minimum Gasteiger partial charge on any atom is -0.385 e. The molecule has 1 aliphatic heterocycles. The molecule has 0 spiro atoms. The number of piperidine rings is 1. The number of imidazole rings is 2. The van der Waals surface area contributed by atoms with Gasteiger partial charge in [0, 0.05) is 44.6 Å². The van der Waals surface area contributed by atoms with Crippen LogP contribution < -0.4 is 27.0 Å². The molecular formula is C35H36FN9O5. The molecule has 2 fully saturated rings. The lowest BCUT2D eigenvalue weighted by molar-refractivity contribution is -0.135. The third-order valence-electron chi connectivity index (χ3n) is 9.29. The van der Waals surface area contributed by atoms with Crippen molar-refractivity contribution in [1.29, 1.82) is 0 Å². The van der Waals surface area contributed by atoms with Crippen molar-refractivity contribution in [2.45, 2.75) is 56.8 Å². The number of para-hydroxylation sites is 1. The van der Waals surface area contributed by atoms with Crippen LogP contribution in [0.3, 0.4) is 0 Å². The van der Waals surface area contributed by atoms with E-state index in [-0.39, 0.29) is 36.0 Å². The van der Waals surface area contributed by atoms with Crippen molar-refractivity contribution in [2.24, 2.45) is 7.05 Å². The number of nitrogens with one attached hydrogen (secondary N) is 4. The van der Waals surface area contributed by atoms with Crippen molar-refractivity contribution in [3.63, 3.8) is 0 Å². The molecule has 0 radical (unpaired) electrons. The molecule has 50 heavy (non-hydrogen) atoms. The van der Waals surface area contributed by atoms with Crippen LogP contribution in [-0.2, 0) is 23.1 Å². The monoisotopic (exact) mass is 681 g/mol. The number of imide groups is 1. The number of amides is 4. The SMILES string of the molecule is CNc1cc(-c2cccc(C(=O)NCCCCc3cccc4c3n(C)c(=O)n4C3CCC(=O)NC3=O)c2)nn2c(C(=O)N[C@@H]3C[C@@H]3F)cnc12. The third kappa shape index (κ3) is 6.10. The molecule has 3 aromatic heterocycles. The van der Waals surface area contributed by atoms with Gasteiger partial charge in [-0.05, 0) is 55.5 Å². The Kier molecular flexibility index (Phi) is 8.64. The number of unbranched alkanes of at least 4 members (excludes halogenated alkanes) is 1. The number of carbonyl (C=O) groups excluding carboxylic acids is 4. The van der Waals surface area contributed by atoms with E-state index in [1.807, 2.05) is 24.3 Å². The number of fused-ring (bicyclic) bond motifs is 2. The molecule has 4 N–H and O–H groups in total.